The molecule has 0 aliphatic heterocycles. The van der Waals surface area contributed by atoms with Crippen molar-refractivity contribution in [3.05, 3.63) is 35.5 Å². The third-order valence-corrected chi connectivity index (χ3v) is 5.27. The number of carbonyl (C=O) groups is 1. The molecule has 17 heavy (non-hydrogen) atoms. The van der Waals surface area contributed by atoms with Gasteiger partial charge in [-0.2, -0.15) is 0 Å². The van der Waals surface area contributed by atoms with E-state index in [1.807, 2.05) is 24.3 Å². The van der Waals surface area contributed by atoms with Crippen molar-refractivity contribution in [2.75, 3.05) is 0 Å². The summed E-state index contributed by atoms with van der Waals surface area (Å²) < 4.78 is 0. The Morgan fingerprint density at radius 3 is 2.82 bits per heavy atom. The number of benzene rings is 1. The number of fused-ring (bicyclic) bond motifs is 3. The Labute approximate surface area is 109 Å². The zero-order valence-corrected chi connectivity index (χ0v) is 11.5. The number of Topliss-reactive ketones (excluding diaryl/α,β-unsaturated/α-hetero) is 1. The SMILES string of the molecule is CC1(C)CC(=O)c2c([nH]c3ccccc23)C1Br. The van der Waals surface area contributed by atoms with Gasteiger partial charge in [-0.15, -0.1) is 0 Å². The fraction of sp³-hybridized carbons (Fsp3) is 0.357. The Hall–Kier alpha value is -1.09. The number of H-pyrrole nitrogens is 1. The molecule has 2 aromatic rings. The van der Waals surface area contributed by atoms with E-state index in [2.05, 4.69) is 34.8 Å². The van der Waals surface area contributed by atoms with Crippen LogP contribution in [0, 0.1) is 5.41 Å². The van der Waals surface area contributed by atoms with Gasteiger partial charge in [0.25, 0.3) is 0 Å². The number of para-hydroxylation sites is 1. The van der Waals surface area contributed by atoms with Crippen LogP contribution >= 0.6 is 15.9 Å². The van der Waals surface area contributed by atoms with E-state index in [1.54, 1.807) is 0 Å². The van der Waals surface area contributed by atoms with Gasteiger partial charge in [0.1, 0.15) is 0 Å². The number of halogens is 1. The lowest BCUT2D eigenvalue weighted by Crippen LogP contribution is -2.28. The van der Waals surface area contributed by atoms with Crippen LogP contribution in [-0.2, 0) is 0 Å². The third-order valence-electron chi connectivity index (χ3n) is 3.57. The van der Waals surface area contributed by atoms with E-state index in [4.69, 9.17) is 0 Å². The molecule has 0 fully saturated rings. The minimum absolute atomic E-state index is 0.0367. The van der Waals surface area contributed by atoms with Crippen LogP contribution in [0.2, 0.25) is 0 Å². The van der Waals surface area contributed by atoms with Gasteiger partial charge >= 0.3 is 0 Å². The lowest BCUT2D eigenvalue weighted by atomic mass is 9.75. The topological polar surface area (TPSA) is 32.9 Å². The van der Waals surface area contributed by atoms with Crippen LogP contribution in [0.15, 0.2) is 24.3 Å². The summed E-state index contributed by atoms with van der Waals surface area (Å²) in [6.45, 7) is 4.25. The summed E-state index contributed by atoms with van der Waals surface area (Å²) in [7, 11) is 0. The summed E-state index contributed by atoms with van der Waals surface area (Å²) in [5.41, 5.74) is 2.92. The van der Waals surface area contributed by atoms with Gasteiger partial charge in [-0.05, 0) is 11.5 Å². The molecule has 1 aliphatic rings. The summed E-state index contributed by atoms with van der Waals surface area (Å²) in [6.07, 6.45) is 0.595. The number of aromatic nitrogens is 1. The van der Waals surface area contributed by atoms with E-state index in [0.29, 0.717) is 6.42 Å². The van der Waals surface area contributed by atoms with E-state index in [9.17, 15) is 4.79 Å². The second-order valence-electron chi connectivity index (χ2n) is 5.41. The molecule has 0 saturated carbocycles. The predicted molar refractivity (Wildman–Crippen MR) is 72.7 cm³/mol. The van der Waals surface area contributed by atoms with Crippen LogP contribution < -0.4 is 0 Å². The fourth-order valence-corrected chi connectivity index (χ4v) is 3.14. The summed E-state index contributed by atoms with van der Waals surface area (Å²) >= 11 is 3.73. The molecule has 0 radical (unpaired) electrons. The summed E-state index contributed by atoms with van der Waals surface area (Å²) in [5.74, 6) is 0.248. The molecule has 1 heterocycles. The van der Waals surface area contributed by atoms with Crippen LogP contribution in [0.1, 0.15) is 41.1 Å². The molecule has 1 aromatic heterocycles. The second-order valence-corrected chi connectivity index (χ2v) is 6.33. The molecule has 1 atom stereocenters. The molecule has 0 spiro atoms. The lowest BCUT2D eigenvalue weighted by Gasteiger charge is -2.33. The quantitative estimate of drug-likeness (QED) is 0.725. The molecule has 0 amide bonds. The highest BCUT2D eigenvalue weighted by molar-refractivity contribution is 9.09. The number of rotatable bonds is 0. The second kappa shape index (κ2) is 3.45. The summed E-state index contributed by atoms with van der Waals surface area (Å²) in [5, 5.41) is 1.05. The van der Waals surface area contributed by atoms with Crippen molar-refractivity contribution in [3.63, 3.8) is 0 Å². The van der Waals surface area contributed by atoms with Crippen molar-refractivity contribution in [2.24, 2.45) is 5.41 Å². The van der Waals surface area contributed by atoms with Gasteiger partial charge in [0.15, 0.2) is 5.78 Å². The minimum atomic E-state index is -0.0367. The van der Waals surface area contributed by atoms with Crippen LogP contribution in [0.3, 0.4) is 0 Å². The Morgan fingerprint density at radius 2 is 2.06 bits per heavy atom. The van der Waals surface area contributed by atoms with E-state index in [-0.39, 0.29) is 16.0 Å². The van der Waals surface area contributed by atoms with Gasteiger partial charge in [0, 0.05) is 28.6 Å². The molecule has 2 nitrogen and oxygen atoms in total. The first-order valence-electron chi connectivity index (χ1n) is 5.78. The molecule has 1 aromatic carbocycles. The molecular weight excluding hydrogens is 278 g/mol. The monoisotopic (exact) mass is 291 g/mol. The molecule has 0 saturated heterocycles. The maximum Gasteiger partial charge on any atom is 0.165 e. The number of hydrogen-bond acceptors (Lipinski definition) is 1. The van der Waals surface area contributed by atoms with Crippen LogP contribution in [0.5, 0.6) is 0 Å². The van der Waals surface area contributed by atoms with Crippen molar-refractivity contribution < 1.29 is 4.79 Å². The highest BCUT2D eigenvalue weighted by Crippen LogP contribution is 2.49. The van der Waals surface area contributed by atoms with Gasteiger partial charge < -0.3 is 4.98 Å². The number of hydrogen-bond donors (Lipinski definition) is 1. The van der Waals surface area contributed by atoms with E-state index in [1.165, 1.54) is 0 Å². The van der Waals surface area contributed by atoms with Crippen LogP contribution in [0.4, 0.5) is 0 Å². The van der Waals surface area contributed by atoms with E-state index >= 15 is 0 Å². The van der Waals surface area contributed by atoms with Gasteiger partial charge in [0.05, 0.1) is 4.83 Å². The number of aromatic amines is 1. The Bertz CT molecular complexity index is 612. The standard InChI is InChI=1S/C14H14BrNO/c1-14(2)7-10(17)11-8-5-3-4-6-9(8)16-12(11)13(14)15/h3-6,13,16H,7H2,1-2H3. The largest absolute Gasteiger partial charge is 0.357 e. The average Bonchev–Trinajstić information content (AvgIpc) is 2.65. The highest BCUT2D eigenvalue weighted by atomic mass is 79.9. The Balaban J connectivity index is 2.34. The molecule has 1 aliphatic carbocycles. The molecular formula is C14H14BrNO. The number of nitrogens with one attached hydrogen (secondary N) is 1. The van der Waals surface area contributed by atoms with Crippen molar-refractivity contribution in [3.8, 4) is 0 Å². The van der Waals surface area contributed by atoms with Crippen molar-refractivity contribution in [1.29, 1.82) is 0 Å². The lowest BCUT2D eigenvalue weighted by molar-refractivity contribution is 0.0912. The van der Waals surface area contributed by atoms with E-state index < -0.39 is 0 Å². The molecule has 3 rings (SSSR count). The summed E-state index contributed by atoms with van der Waals surface area (Å²) in [4.78, 5) is 15.9. The molecule has 1 N–H and O–H groups in total. The fourth-order valence-electron chi connectivity index (χ4n) is 2.64. The zero-order chi connectivity index (χ0) is 12.2. The minimum Gasteiger partial charge on any atom is -0.357 e. The first kappa shape index (κ1) is 11.0. The van der Waals surface area contributed by atoms with Crippen molar-refractivity contribution in [2.45, 2.75) is 25.1 Å². The maximum atomic E-state index is 12.3. The summed E-state index contributed by atoms with van der Waals surface area (Å²) in [6, 6.07) is 8.00. The number of ketones is 1. The Kier molecular flexibility index (Phi) is 2.24. The first-order chi connectivity index (χ1) is 8.00. The average molecular weight is 292 g/mol. The first-order valence-corrected chi connectivity index (χ1v) is 6.70. The molecule has 1 unspecified atom stereocenters. The van der Waals surface area contributed by atoms with Gasteiger partial charge in [-0.3, -0.25) is 4.79 Å². The van der Waals surface area contributed by atoms with Crippen LogP contribution in [-0.4, -0.2) is 10.8 Å². The Morgan fingerprint density at radius 1 is 1.35 bits per heavy atom. The zero-order valence-electron chi connectivity index (χ0n) is 9.88. The van der Waals surface area contributed by atoms with Crippen molar-refractivity contribution >= 4 is 32.6 Å². The normalized spacial score (nSPS) is 22.8. The maximum absolute atomic E-state index is 12.3. The van der Waals surface area contributed by atoms with Gasteiger partial charge in [0.2, 0.25) is 0 Å². The smallest absolute Gasteiger partial charge is 0.165 e. The molecule has 0 bridgehead atoms. The third kappa shape index (κ3) is 1.48. The van der Waals surface area contributed by atoms with Crippen molar-refractivity contribution in [1.82, 2.24) is 4.98 Å². The van der Waals surface area contributed by atoms with Gasteiger partial charge in [-0.1, -0.05) is 48.0 Å². The predicted octanol–water partition coefficient (Wildman–Crippen LogP) is 4.22. The van der Waals surface area contributed by atoms with Gasteiger partial charge in [-0.25, -0.2) is 0 Å². The highest BCUT2D eigenvalue weighted by Gasteiger charge is 2.40. The number of carbonyl (C=O) groups excluding carboxylic acids is 1. The van der Waals surface area contributed by atoms with Crippen LogP contribution in [0.25, 0.3) is 10.9 Å². The molecule has 3 heteroatoms. The number of alkyl halides is 1. The van der Waals surface area contributed by atoms with E-state index in [0.717, 1.165) is 22.2 Å². The molecule has 88 valence electrons.